The van der Waals surface area contributed by atoms with Gasteiger partial charge in [-0.05, 0) is 0 Å². The minimum Gasteiger partial charge on any atom is -0.289 e. The second-order valence-electron chi connectivity index (χ2n) is 0. The van der Waals surface area contributed by atoms with Gasteiger partial charge < -0.3 is 0 Å². The number of hydrogen-bond acceptors (Lipinski definition) is 1. The lowest BCUT2D eigenvalue weighted by atomic mass is 10.8. The Morgan fingerprint density at radius 2 is 1.25 bits per heavy atom. The summed E-state index contributed by atoms with van der Waals surface area (Å²) in [7, 11) is 1.42. The van der Waals surface area contributed by atoms with Crippen molar-refractivity contribution in [3.05, 3.63) is 0 Å². The third-order valence-corrected chi connectivity index (χ3v) is 0. The van der Waals surface area contributed by atoms with Crippen LogP contribution in [0.25, 0.3) is 0 Å². The summed E-state index contributed by atoms with van der Waals surface area (Å²) in [6.07, 6.45) is 0. The molecule has 0 saturated carbocycles. The van der Waals surface area contributed by atoms with E-state index in [2.05, 4.69) is 0 Å². The predicted octanol–water partition coefficient (Wildman–Crippen LogP) is -1.18. The van der Waals surface area contributed by atoms with Crippen LogP contribution in [0.4, 0.5) is 0 Å². The lowest BCUT2D eigenvalue weighted by molar-refractivity contribution is 1.64. The minimum absolute atomic E-state index is 0. The molecule has 0 saturated heterocycles. The fourth-order valence-electron chi connectivity index (χ4n) is 0. The predicted molar refractivity (Wildman–Crippen MR) is 25.5 cm³/mol. The Labute approximate surface area is 31.6 Å². The van der Waals surface area contributed by atoms with Crippen molar-refractivity contribution in [3.8, 4) is 0 Å². The molecule has 0 spiro atoms. The third kappa shape index (κ3) is 29300. The highest BCUT2D eigenvalue weighted by Crippen LogP contribution is 0.427. The Balaban J connectivity index is -0.00000000500. The molecule has 0 aliphatic heterocycles. The summed E-state index contributed by atoms with van der Waals surface area (Å²) in [5.41, 5.74) is 0. The van der Waals surface area contributed by atoms with E-state index in [4.69, 9.17) is 4.89 Å². The molecular weight excluding hydrogens is 64.9 g/mol. The molecule has 0 heterocycles. The van der Waals surface area contributed by atoms with E-state index < -0.39 is 0 Å². The third-order valence-electron chi connectivity index (χ3n) is 0. The highest BCUT2D eigenvalue weighted by Gasteiger charge is 0.566. The normalized spacial score (nSPS) is 0.500. The van der Waals surface area contributed by atoms with Crippen molar-refractivity contribution in [2.24, 2.45) is 0 Å². The Morgan fingerprint density at radius 1 is 1.25 bits per heavy atom. The van der Waals surface area contributed by atoms with Gasteiger partial charge in [-0.15, -0.1) is 0 Å². The highest BCUT2D eigenvalue weighted by molar-refractivity contribution is 5.84. The van der Waals surface area contributed by atoms with Crippen LogP contribution in [0.5, 0.6) is 0 Å². The zero-order chi connectivity index (χ0) is 2.00. The van der Waals surface area contributed by atoms with E-state index in [0.717, 1.165) is 0 Å². The summed E-state index contributed by atoms with van der Waals surface area (Å²) in [5, 5.41) is 0. The Morgan fingerprint density at radius 3 is 1.25 bits per heavy atom. The summed E-state index contributed by atoms with van der Waals surface area (Å²) >= 11 is 0. The molecule has 0 N–H and O–H groups in total. The fraction of sp³-hybridized carbons (Fsp3) is 1.00. The molecule has 0 aromatic heterocycles. The number of rotatable bonds is 0. The molecule has 0 aliphatic rings. The first-order chi connectivity index (χ1) is 1.00. The van der Waals surface area contributed by atoms with Gasteiger partial charge in [-0.3, -0.25) is 4.89 Å². The van der Waals surface area contributed by atoms with Crippen LogP contribution in [0.2, 0.25) is 0 Å². The van der Waals surface area contributed by atoms with E-state index >= 15 is 0 Å². The summed E-state index contributed by atoms with van der Waals surface area (Å²) in [6, 6.07) is 0. The van der Waals surface area contributed by atoms with Crippen LogP contribution in [0.1, 0.15) is 7.43 Å². The lowest BCUT2D eigenvalue weighted by Gasteiger charge is -0.679. The first-order valence-electron chi connectivity index (χ1n) is 0.258. The van der Waals surface area contributed by atoms with E-state index in [1.807, 2.05) is 0 Å². The molecular formula is CH8BNSi. The quantitative estimate of drug-likeness (QED) is 0.331. The van der Waals surface area contributed by atoms with Crippen molar-refractivity contribution < 1.29 is 0 Å². The second-order valence-corrected chi connectivity index (χ2v) is 0. The van der Waals surface area contributed by atoms with Crippen molar-refractivity contribution in [2.45, 2.75) is 7.43 Å². The van der Waals surface area contributed by atoms with Crippen LogP contribution >= 0.6 is 0 Å². The summed E-state index contributed by atoms with van der Waals surface area (Å²) in [4.78, 5) is 6.92. The maximum atomic E-state index is 6.92. The van der Waals surface area contributed by atoms with Gasteiger partial charge in [0, 0.05) is 0 Å². The maximum absolute atomic E-state index is 6.92. The molecule has 0 unspecified atom stereocenters. The summed E-state index contributed by atoms with van der Waals surface area (Å²) in [6.45, 7) is 0. The van der Waals surface area contributed by atoms with Crippen molar-refractivity contribution in [3.63, 3.8) is 0 Å². The number of nitrogens with zero attached hydrogens (tertiary/aromatic N) is 1. The fourth-order valence-corrected chi connectivity index (χ4v) is 0. The van der Waals surface area contributed by atoms with E-state index in [0.29, 0.717) is 0 Å². The minimum atomic E-state index is 0. The molecule has 0 atom stereocenters. The van der Waals surface area contributed by atoms with Crippen LogP contribution in [0.15, 0.2) is 0 Å². The van der Waals surface area contributed by atoms with Crippen LogP contribution in [0.3, 0.4) is 0 Å². The van der Waals surface area contributed by atoms with Crippen molar-refractivity contribution >= 4 is 18.3 Å². The van der Waals surface area contributed by atoms with Gasteiger partial charge in [0.2, 0.25) is 0 Å². The lowest BCUT2D eigenvalue weighted by Crippen LogP contribution is -0.793. The number of hydrogen-bond donors (Lipinski definition) is 0. The smallest absolute Gasteiger partial charge is 0.176 e. The molecule has 1 nitrogen and oxygen atoms in total. The second kappa shape index (κ2) is 177000. The zero-order valence-electron chi connectivity index (χ0n) is 1.02. The van der Waals surface area contributed by atoms with Crippen molar-refractivity contribution in [1.29, 1.82) is 4.89 Å². The molecule has 3 heteroatoms. The van der Waals surface area contributed by atoms with Crippen LogP contribution in [-0.2, 0) is 0 Å². The monoisotopic (exact) mass is 73.1 g/mol. The van der Waals surface area contributed by atoms with Gasteiger partial charge in [0.1, 0.15) is 0 Å². The molecule has 0 aromatic rings. The zero-order valence-corrected chi connectivity index (χ0v) is 2.18. The van der Waals surface area contributed by atoms with Crippen LogP contribution < -0.4 is 0 Å². The molecule has 0 rings (SSSR count). The standard InChI is InChI=1S/CH4.BH3.HNSi/c;;1-2/h1H4;1H3;2H. The SMILES string of the molecule is B.C.N#[SiH]. The van der Waals surface area contributed by atoms with Gasteiger partial charge in [0.05, 0.1) is 8.41 Å². The van der Waals surface area contributed by atoms with Gasteiger partial charge in [0.25, 0.3) is 0 Å². The molecule has 0 bridgehead atoms. The van der Waals surface area contributed by atoms with Gasteiger partial charge >= 0.3 is 0 Å². The van der Waals surface area contributed by atoms with Crippen LogP contribution in [0, 0.1) is 4.89 Å². The average molecular weight is 73.0 g/mol. The first-order valence-corrected chi connectivity index (χ1v) is 0.775. The van der Waals surface area contributed by atoms with Crippen molar-refractivity contribution in [2.75, 3.05) is 0 Å². The van der Waals surface area contributed by atoms with Gasteiger partial charge in [-0.2, -0.15) is 0 Å². The molecule has 24 valence electrons. The first kappa shape index (κ1) is 36.3. The van der Waals surface area contributed by atoms with E-state index in [-0.39, 0.29) is 15.8 Å². The topological polar surface area (TPSA) is 23.8 Å². The summed E-state index contributed by atoms with van der Waals surface area (Å²) in [5.74, 6) is 0. The molecule has 0 radical (unpaired) electrons. The molecule has 0 fully saturated rings. The maximum Gasteiger partial charge on any atom is 0.176 e. The Hall–Kier alpha value is -0.00818. The van der Waals surface area contributed by atoms with E-state index in [1.165, 1.54) is 9.88 Å². The Bertz CT molecular complexity index is 12.8. The molecule has 4 heavy (non-hydrogen) atoms. The molecule has 0 amide bonds. The molecule has 0 aliphatic carbocycles. The average Bonchev–Trinajstić information content (AvgIpc) is 1.00. The Kier molecular flexibility index (Phi) is 1610000. The highest BCUT2D eigenvalue weighted by atomic mass is 28.1. The van der Waals surface area contributed by atoms with Gasteiger partial charge in [-0.25, -0.2) is 0 Å². The van der Waals surface area contributed by atoms with Crippen LogP contribution in [-0.4, -0.2) is 18.3 Å². The summed E-state index contributed by atoms with van der Waals surface area (Å²) < 4.78 is 0. The van der Waals surface area contributed by atoms with E-state index in [1.54, 1.807) is 0 Å². The van der Waals surface area contributed by atoms with Crippen molar-refractivity contribution in [1.82, 2.24) is 0 Å². The van der Waals surface area contributed by atoms with E-state index in [9.17, 15) is 0 Å². The van der Waals surface area contributed by atoms with Gasteiger partial charge in [0.15, 0.2) is 9.88 Å². The molecule has 0 aromatic carbocycles. The van der Waals surface area contributed by atoms with Gasteiger partial charge in [-0.1, -0.05) is 7.43 Å². The largest absolute Gasteiger partial charge is 0.289 e.